The zero-order valence-electron chi connectivity index (χ0n) is 14.0. The van der Waals surface area contributed by atoms with Gasteiger partial charge in [-0.15, -0.1) is 0 Å². The molecule has 6 atom stereocenters. The standard InChI is InChI=1S/C18H23NO4S/c1-18(2)22-16-12-8-14(17(16)23-18)19(10-12)24(20,21)15-9-13(15)11-6-4-3-5-7-11/h3-7,12-17H,8-10H2,1-2H3/t12-,13?,14-,15?,16-,17+/m1/s1. The first-order chi connectivity index (χ1) is 11.4. The Balaban J connectivity index is 1.37. The van der Waals surface area contributed by atoms with Crippen LogP contribution in [0.25, 0.3) is 0 Å². The van der Waals surface area contributed by atoms with Crippen LogP contribution in [0.2, 0.25) is 0 Å². The van der Waals surface area contributed by atoms with Gasteiger partial charge in [-0.2, -0.15) is 4.31 Å². The molecule has 1 aromatic rings. The second-order valence-electron chi connectivity index (χ2n) is 8.03. The van der Waals surface area contributed by atoms with Crippen molar-refractivity contribution in [3.8, 4) is 0 Å². The summed E-state index contributed by atoms with van der Waals surface area (Å²) in [6.07, 6.45) is 1.55. The quantitative estimate of drug-likeness (QED) is 0.839. The van der Waals surface area contributed by atoms with Crippen molar-refractivity contribution in [2.45, 2.75) is 61.9 Å². The summed E-state index contributed by atoms with van der Waals surface area (Å²) in [6.45, 7) is 4.41. The van der Waals surface area contributed by atoms with Gasteiger partial charge in [-0.05, 0) is 32.3 Å². The maximum atomic E-state index is 13.1. The summed E-state index contributed by atoms with van der Waals surface area (Å²) in [4.78, 5) is 0. The van der Waals surface area contributed by atoms with E-state index >= 15 is 0 Å². The maximum Gasteiger partial charge on any atom is 0.217 e. The van der Waals surface area contributed by atoms with E-state index in [9.17, 15) is 8.42 Å². The Labute approximate surface area is 143 Å². The molecule has 0 amide bonds. The molecule has 0 aromatic heterocycles. The fourth-order valence-corrected chi connectivity index (χ4v) is 7.26. The second-order valence-corrected chi connectivity index (χ2v) is 10.1. The first-order valence-electron chi connectivity index (χ1n) is 8.78. The van der Waals surface area contributed by atoms with Crippen molar-refractivity contribution in [1.29, 1.82) is 0 Å². The number of benzene rings is 1. The number of piperidine rings is 1. The van der Waals surface area contributed by atoms with Crippen LogP contribution < -0.4 is 0 Å². The Hall–Kier alpha value is -0.950. The third-order valence-corrected chi connectivity index (χ3v) is 8.36. The van der Waals surface area contributed by atoms with E-state index in [0.29, 0.717) is 6.54 Å². The van der Waals surface area contributed by atoms with Crippen molar-refractivity contribution in [3.05, 3.63) is 35.9 Å². The summed E-state index contributed by atoms with van der Waals surface area (Å²) in [5, 5.41) is -0.270. The normalized spacial score (nSPS) is 43.1. The Morgan fingerprint density at radius 2 is 1.79 bits per heavy atom. The molecule has 2 saturated carbocycles. The maximum absolute atomic E-state index is 13.1. The molecular weight excluding hydrogens is 326 g/mol. The Bertz CT molecular complexity index is 762. The van der Waals surface area contributed by atoms with Crippen molar-refractivity contribution in [2.75, 3.05) is 6.54 Å². The number of hydrogen-bond donors (Lipinski definition) is 0. The van der Waals surface area contributed by atoms with E-state index in [2.05, 4.69) is 0 Å². The molecule has 0 N–H and O–H groups in total. The lowest BCUT2D eigenvalue weighted by atomic mass is 10.1. The molecule has 24 heavy (non-hydrogen) atoms. The van der Waals surface area contributed by atoms with Crippen LogP contribution in [-0.4, -0.2) is 48.6 Å². The molecule has 4 fully saturated rings. The van der Waals surface area contributed by atoms with Gasteiger partial charge in [-0.1, -0.05) is 30.3 Å². The number of fused-ring (bicyclic) bond motifs is 5. The molecule has 5 rings (SSSR count). The minimum atomic E-state index is -3.27. The van der Waals surface area contributed by atoms with Gasteiger partial charge in [0.15, 0.2) is 5.79 Å². The molecule has 0 radical (unpaired) electrons. The van der Waals surface area contributed by atoms with Crippen LogP contribution >= 0.6 is 0 Å². The molecule has 1 aromatic carbocycles. The van der Waals surface area contributed by atoms with Gasteiger partial charge in [0.25, 0.3) is 0 Å². The third kappa shape index (κ3) is 2.13. The van der Waals surface area contributed by atoms with Crippen LogP contribution in [0.1, 0.15) is 38.2 Å². The molecule has 6 heteroatoms. The van der Waals surface area contributed by atoms with Gasteiger partial charge < -0.3 is 9.47 Å². The number of hydrogen-bond acceptors (Lipinski definition) is 4. The van der Waals surface area contributed by atoms with Gasteiger partial charge in [0.05, 0.1) is 17.4 Å². The summed E-state index contributed by atoms with van der Waals surface area (Å²) in [7, 11) is -3.27. The summed E-state index contributed by atoms with van der Waals surface area (Å²) < 4.78 is 40.0. The minimum Gasteiger partial charge on any atom is -0.344 e. The monoisotopic (exact) mass is 349 g/mol. The number of sulfonamides is 1. The van der Waals surface area contributed by atoms with Gasteiger partial charge in [-0.3, -0.25) is 0 Å². The Morgan fingerprint density at radius 3 is 2.54 bits per heavy atom. The fraction of sp³-hybridized carbons (Fsp3) is 0.667. The van der Waals surface area contributed by atoms with E-state index in [0.717, 1.165) is 18.4 Å². The van der Waals surface area contributed by atoms with Crippen LogP contribution in [0.4, 0.5) is 0 Å². The van der Waals surface area contributed by atoms with E-state index in [1.165, 1.54) is 0 Å². The predicted molar refractivity (Wildman–Crippen MR) is 88.9 cm³/mol. The van der Waals surface area contributed by atoms with Gasteiger partial charge in [0.2, 0.25) is 10.0 Å². The third-order valence-electron chi connectivity index (χ3n) is 6.01. The van der Waals surface area contributed by atoms with Crippen molar-refractivity contribution >= 4 is 10.0 Å². The molecule has 4 aliphatic rings. The fourth-order valence-electron chi connectivity index (χ4n) is 4.90. The highest BCUT2D eigenvalue weighted by atomic mass is 32.2. The lowest BCUT2D eigenvalue weighted by Crippen LogP contribution is -2.50. The second kappa shape index (κ2) is 4.81. The molecule has 130 valence electrons. The van der Waals surface area contributed by atoms with Gasteiger partial charge in [-0.25, -0.2) is 8.42 Å². The molecule has 2 unspecified atom stereocenters. The summed E-state index contributed by atoms with van der Waals surface area (Å²) >= 11 is 0. The highest BCUT2D eigenvalue weighted by Gasteiger charge is 2.64. The lowest BCUT2D eigenvalue weighted by molar-refractivity contribution is -0.155. The molecule has 0 spiro atoms. The van der Waals surface area contributed by atoms with Gasteiger partial charge in [0.1, 0.15) is 6.10 Å². The molecule has 2 bridgehead atoms. The average Bonchev–Trinajstić information content (AvgIpc) is 3.00. The molecule has 2 heterocycles. The van der Waals surface area contributed by atoms with E-state index in [-0.39, 0.29) is 35.3 Å². The van der Waals surface area contributed by atoms with Crippen LogP contribution in [0.15, 0.2) is 30.3 Å². The molecule has 2 aliphatic heterocycles. The van der Waals surface area contributed by atoms with Crippen LogP contribution in [0.3, 0.4) is 0 Å². The smallest absolute Gasteiger partial charge is 0.217 e. The topological polar surface area (TPSA) is 55.8 Å². The zero-order valence-corrected chi connectivity index (χ0v) is 14.8. The van der Waals surface area contributed by atoms with Crippen LogP contribution in [0, 0.1) is 5.92 Å². The highest BCUT2D eigenvalue weighted by Crippen LogP contribution is 2.53. The summed E-state index contributed by atoms with van der Waals surface area (Å²) in [6, 6.07) is 9.93. The van der Waals surface area contributed by atoms with Crippen molar-refractivity contribution in [2.24, 2.45) is 5.92 Å². The Kier molecular flexibility index (Phi) is 3.07. The van der Waals surface area contributed by atoms with Gasteiger partial charge in [0, 0.05) is 18.4 Å². The van der Waals surface area contributed by atoms with E-state index in [1.54, 1.807) is 4.31 Å². The average molecular weight is 349 g/mol. The molecule has 2 saturated heterocycles. The van der Waals surface area contributed by atoms with Crippen molar-refractivity contribution in [1.82, 2.24) is 4.31 Å². The summed E-state index contributed by atoms with van der Waals surface area (Å²) in [5.74, 6) is -0.188. The number of ether oxygens (including phenoxy) is 2. The van der Waals surface area contributed by atoms with Crippen molar-refractivity contribution in [3.63, 3.8) is 0 Å². The van der Waals surface area contributed by atoms with E-state index < -0.39 is 15.8 Å². The first-order valence-corrected chi connectivity index (χ1v) is 10.3. The zero-order chi connectivity index (χ0) is 16.7. The summed E-state index contributed by atoms with van der Waals surface area (Å²) in [5.41, 5.74) is 1.13. The Morgan fingerprint density at radius 1 is 1.08 bits per heavy atom. The van der Waals surface area contributed by atoms with Crippen molar-refractivity contribution < 1.29 is 17.9 Å². The predicted octanol–water partition coefficient (Wildman–Crippen LogP) is 2.10. The lowest BCUT2D eigenvalue weighted by Gasteiger charge is -2.32. The van der Waals surface area contributed by atoms with Crippen LogP contribution in [-0.2, 0) is 19.5 Å². The van der Waals surface area contributed by atoms with E-state index in [1.807, 2.05) is 44.2 Å². The van der Waals surface area contributed by atoms with E-state index in [4.69, 9.17) is 9.47 Å². The van der Waals surface area contributed by atoms with Crippen LogP contribution in [0.5, 0.6) is 0 Å². The highest BCUT2D eigenvalue weighted by molar-refractivity contribution is 7.90. The number of rotatable bonds is 3. The first kappa shape index (κ1) is 15.3. The largest absolute Gasteiger partial charge is 0.344 e. The molecular formula is C18H23NO4S. The SMILES string of the molecule is CC1(C)O[C@@H]2[C@@H]3C[C@H]([C@@H]2O1)N(S(=O)(=O)C1CC1c1ccccc1)C3. The minimum absolute atomic E-state index is 0.0520. The van der Waals surface area contributed by atoms with Gasteiger partial charge >= 0.3 is 0 Å². The number of nitrogens with zero attached hydrogens (tertiary/aromatic N) is 1. The molecule has 5 nitrogen and oxygen atoms in total. The molecule has 2 aliphatic carbocycles.